The van der Waals surface area contributed by atoms with Gasteiger partial charge in [0.05, 0.1) is 5.54 Å². The molecule has 72 valence electrons. The average molecular weight is 196 g/mol. The standard InChI is InChI=1S/C10H16N2S/c1-7(2)8-6-12-9(13-8)10(11)4-3-5-10/h6-7H,3-5,11H2,1-2H3. The molecular formula is C10H16N2S. The molecule has 2 N–H and O–H groups in total. The molecule has 0 atom stereocenters. The van der Waals surface area contributed by atoms with Crippen molar-refractivity contribution in [3.63, 3.8) is 0 Å². The van der Waals surface area contributed by atoms with Crippen molar-refractivity contribution in [1.82, 2.24) is 4.98 Å². The van der Waals surface area contributed by atoms with E-state index in [1.54, 1.807) is 11.3 Å². The zero-order valence-corrected chi connectivity index (χ0v) is 9.03. The van der Waals surface area contributed by atoms with Crippen LogP contribution in [0.4, 0.5) is 0 Å². The van der Waals surface area contributed by atoms with Gasteiger partial charge in [0.15, 0.2) is 0 Å². The number of nitrogens with zero attached hydrogens (tertiary/aromatic N) is 1. The Labute approximate surface area is 83.2 Å². The Morgan fingerprint density at radius 2 is 2.23 bits per heavy atom. The van der Waals surface area contributed by atoms with E-state index in [4.69, 9.17) is 5.73 Å². The topological polar surface area (TPSA) is 38.9 Å². The van der Waals surface area contributed by atoms with Gasteiger partial charge in [0.25, 0.3) is 0 Å². The lowest BCUT2D eigenvalue weighted by Crippen LogP contribution is -2.43. The van der Waals surface area contributed by atoms with Crippen LogP contribution >= 0.6 is 11.3 Å². The SMILES string of the molecule is CC(C)c1cnc(C2(N)CCC2)s1. The van der Waals surface area contributed by atoms with Crippen molar-refractivity contribution in [2.24, 2.45) is 5.73 Å². The number of rotatable bonds is 2. The zero-order chi connectivity index (χ0) is 9.47. The van der Waals surface area contributed by atoms with Gasteiger partial charge in [0, 0.05) is 11.1 Å². The molecule has 0 bridgehead atoms. The maximum absolute atomic E-state index is 6.19. The van der Waals surface area contributed by atoms with E-state index in [1.165, 1.54) is 11.3 Å². The van der Waals surface area contributed by atoms with Crippen LogP contribution in [-0.4, -0.2) is 4.98 Å². The summed E-state index contributed by atoms with van der Waals surface area (Å²) in [5.41, 5.74) is 6.11. The van der Waals surface area contributed by atoms with Crippen molar-refractivity contribution in [3.05, 3.63) is 16.1 Å². The molecular weight excluding hydrogens is 180 g/mol. The lowest BCUT2D eigenvalue weighted by atomic mass is 9.78. The summed E-state index contributed by atoms with van der Waals surface area (Å²) in [4.78, 5) is 5.78. The number of aromatic nitrogens is 1. The van der Waals surface area contributed by atoms with E-state index in [0.717, 1.165) is 17.8 Å². The number of hydrogen-bond acceptors (Lipinski definition) is 3. The first kappa shape index (κ1) is 9.16. The molecule has 0 amide bonds. The highest BCUT2D eigenvalue weighted by atomic mass is 32.1. The fourth-order valence-corrected chi connectivity index (χ4v) is 2.63. The Bertz CT molecular complexity index is 300. The predicted octanol–water partition coefficient (Wildman–Crippen LogP) is 2.60. The maximum atomic E-state index is 6.19. The van der Waals surface area contributed by atoms with Crippen LogP contribution < -0.4 is 5.73 Å². The summed E-state index contributed by atoms with van der Waals surface area (Å²) in [5.74, 6) is 0.579. The Kier molecular flexibility index (Phi) is 2.16. The van der Waals surface area contributed by atoms with Crippen LogP contribution in [-0.2, 0) is 5.54 Å². The summed E-state index contributed by atoms with van der Waals surface area (Å²) < 4.78 is 0. The van der Waals surface area contributed by atoms with Gasteiger partial charge in [0.1, 0.15) is 5.01 Å². The van der Waals surface area contributed by atoms with Crippen LogP contribution in [0.1, 0.15) is 48.9 Å². The van der Waals surface area contributed by atoms with Gasteiger partial charge in [-0.25, -0.2) is 4.98 Å². The lowest BCUT2D eigenvalue weighted by Gasteiger charge is -2.35. The molecule has 1 saturated carbocycles. The lowest BCUT2D eigenvalue weighted by molar-refractivity contribution is 0.253. The highest BCUT2D eigenvalue weighted by Crippen LogP contribution is 2.41. The Balaban J connectivity index is 2.22. The monoisotopic (exact) mass is 196 g/mol. The van der Waals surface area contributed by atoms with E-state index in [9.17, 15) is 0 Å². The normalized spacial score (nSPS) is 20.3. The second-order valence-electron chi connectivity index (χ2n) is 4.23. The van der Waals surface area contributed by atoms with E-state index in [2.05, 4.69) is 18.8 Å². The number of nitrogens with two attached hydrogens (primary N) is 1. The first-order valence-corrected chi connectivity index (χ1v) is 5.68. The van der Waals surface area contributed by atoms with Crippen molar-refractivity contribution < 1.29 is 0 Å². The smallest absolute Gasteiger partial charge is 0.113 e. The molecule has 0 radical (unpaired) electrons. The minimum Gasteiger partial charge on any atom is -0.319 e. The summed E-state index contributed by atoms with van der Waals surface area (Å²) in [6.45, 7) is 4.39. The van der Waals surface area contributed by atoms with Gasteiger partial charge in [-0.15, -0.1) is 11.3 Å². The van der Waals surface area contributed by atoms with Crippen LogP contribution in [0.15, 0.2) is 6.20 Å². The summed E-state index contributed by atoms with van der Waals surface area (Å²) in [6.07, 6.45) is 5.46. The van der Waals surface area contributed by atoms with Gasteiger partial charge in [-0.2, -0.15) is 0 Å². The van der Waals surface area contributed by atoms with Gasteiger partial charge in [-0.3, -0.25) is 0 Å². The second kappa shape index (κ2) is 3.07. The van der Waals surface area contributed by atoms with Crippen LogP contribution in [0.5, 0.6) is 0 Å². The van der Waals surface area contributed by atoms with Crippen LogP contribution in [0, 0.1) is 0 Å². The fourth-order valence-electron chi connectivity index (χ4n) is 1.56. The van der Waals surface area contributed by atoms with Crippen molar-refractivity contribution >= 4 is 11.3 Å². The van der Waals surface area contributed by atoms with Crippen molar-refractivity contribution in [2.45, 2.75) is 44.6 Å². The summed E-state index contributed by atoms with van der Waals surface area (Å²) in [6, 6.07) is 0. The predicted molar refractivity (Wildman–Crippen MR) is 55.9 cm³/mol. The molecule has 0 unspecified atom stereocenters. The number of thiazole rings is 1. The third-order valence-electron chi connectivity index (χ3n) is 2.76. The first-order valence-electron chi connectivity index (χ1n) is 4.87. The molecule has 2 nitrogen and oxygen atoms in total. The zero-order valence-electron chi connectivity index (χ0n) is 8.21. The molecule has 0 aliphatic heterocycles. The molecule has 1 fully saturated rings. The molecule has 3 heteroatoms. The van der Waals surface area contributed by atoms with Gasteiger partial charge in [0.2, 0.25) is 0 Å². The van der Waals surface area contributed by atoms with E-state index < -0.39 is 0 Å². The molecule has 0 aromatic carbocycles. The molecule has 1 aliphatic rings. The van der Waals surface area contributed by atoms with E-state index in [-0.39, 0.29) is 5.54 Å². The summed E-state index contributed by atoms with van der Waals surface area (Å²) >= 11 is 1.79. The Morgan fingerprint density at radius 3 is 2.62 bits per heavy atom. The van der Waals surface area contributed by atoms with Gasteiger partial charge < -0.3 is 5.73 Å². The maximum Gasteiger partial charge on any atom is 0.113 e. The second-order valence-corrected chi connectivity index (χ2v) is 5.29. The molecule has 1 aromatic rings. The van der Waals surface area contributed by atoms with Crippen LogP contribution in [0.2, 0.25) is 0 Å². The van der Waals surface area contributed by atoms with Gasteiger partial charge >= 0.3 is 0 Å². The highest BCUT2D eigenvalue weighted by molar-refractivity contribution is 7.11. The van der Waals surface area contributed by atoms with Crippen LogP contribution in [0.3, 0.4) is 0 Å². The molecule has 0 spiro atoms. The molecule has 1 heterocycles. The van der Waals surface area contributed by atoms with Crippen molar-refractivity contribution in [2.75, 3.05) is 0 Å². The highest BCUT2D eigenvalue weighted by Gasteiger charge is 2.37. The third kappa shape index (κ3) is 1.51. The van der Waals surface area contributed by atoms with Crippen LogP contribution in [0.25, 0.3) is 0 Å². The minimum absolute atomic E-state index is 0.0716. The number of hydrogen-bond donors (Lipinski definition) is 1. The fraction of sp³-hybridized carbons (Fsp3) is 0.700. The minimum atomic E-state index is -0.0716. The summed E-state index contributed by atoms with van der Waals surface area (Å²) in [7, 11) is 0. The quantitative estimate of drug-likeness (QED) is 0.789. The Morgan fingerprint density at radius 1 is 1.54 bits per heavy atom. The van der Waals surface area contributed by atoms with Crippen molar-refractivity contribution in [1.29, 1.82) is 0 Å². The van der Waals surface area contributed by atoms with E-state index in [1.807, 2.05) is 6.20 Å². The first-order chi connectivity index (χ1) is 6.12. The van der Waals surface area contributed by atoms with E-state index >= 15 is 0 Å². The van der Waals surface area contributed by atoms with E-state index in [0.29, 0.717) is 5.92 Å². The molecule has 2 rings (SSSR count). The summed E-state index contributed by atoms with van der Waals surface area (Å²) in [5, 5.41) is 1.14. The third-order valence-corrected chi connectivity index (χ3v) is 4.28. The van der Waals surface area contributed by atoms with Gasteiger partial charge in [-0.1, -0.05) is 13.8 Å². The Hall–Kier alpha value is -0.410. The van der Waals surface area contributed by atoms with Gasteiger partial charge in [-0.05, 0) is 25.2 Å². The largest absolute Gasteiger partial charge is 0.319 e. The molecule has 1 aliphatic carbocycles. The molecule has 1 aromatic heterocycles. The molecule has 0 saturated heterocycles. The average Bonchev–Trinajstić information content (AvgIpc) is 2.48. The molecule has 13 heavy (non-hydrogen) atoms. The van der Waals surface area contributed by atoms with Crippen molar-refractivity contribution in [3.8, 4) is 0 Å².